The zero-order valence-corrected chi connectivity index (χ0v) is 11.2. The van der Waals surface area contributed by atoms with Crippen molar-refractivity contribution in [3.8, 4) is 0 Å². The molecule has 1 aliphatic heterocycles. The molecule has 0 N–H and O–H groups in total. The predicted octanol–water partition coefficient (Wildman–Crippen LogP) is 1.38. The van der Waals surface area contributed by atoms with Crippen LogP contribution < -0.4 is 10.5 Å². The third kappa shape index (κ3) is 2.41. The minimum absolute atomic E-state index is 0.0197. The van der Waals surface area contributed by atoms with Crippen molar-refractivity contribution in [3.63, 3.8) is 0 Å². The number of Topliss-reactive ketones (excluding diaryl/α,β-unsaturated/α-hetero) is 1. The molecule has 0 atom stereocenters. The molecule has 0 aromatic carbocycles. The maximum Gasteiger partial charge on any atom is 0.293 e. The Balaban J connectivity index is 1.78. The zero-order chi connectivity index (χ0) is 13.4. The van der Waals surface area contributed by atoms with Crippen LogP contribution in [-0.4, -0.2) is 28.4 Å². The SMILES string of the molecule is CC(=O)C1CCN(c2nccn(C3CC3)c2=O)CC1. The van der Waals surface area contributed by atoms with E-state index >= 15 is 0 Å². The van der Waals surface area contributed by atoms with Crippen LogP contribution in [0.15, 0.2) is 17.2 Å². The van der Waals surface area contributed by atoms with Crippen LogP contribution in [0.1, 0.15) is 38.6 Å². The zero-order valence-electron chi connectivity index (χ0n) is 11.2. The maximum absolute atomic E-state index is 12.4. The van der Waals surface area contributed by atoms with Crippen LogP contribution in [-0.2, 0) is 4.79 Å². The average Bonchev–Trinajstić information content (AvgIpc) is 3.23. The largest absolute Gasteiger partial charge is 0.352 e. The number of hydrogen-bond donors (Lipinski definition) is 0. The highest BCUT2D eigenvalue weighted by Gasteiger charge is 2.28. The Kier molecular flexibility index (Phi) is 3.12. The molecule has 2 heterocycles. The molecule has 0 radical (unpaired) electrons. The van der Waals surface area contributed by atoms with Crippen LogP contribution in [0.4, 0.5) is 5.82 Å². The first-order valence-corrected chi connectivity index (χ1v) is 6.99. The molecule has 0 spiro atoms. The summed E-state index contributed by atoms with van der Waals surface area (Å²) in [6.07, 6.45) is 7.34. The summed E-state index contributed by atoms with van der Waals surface area (Å²) >= 11 is 0. The van der Waals surface area contributed by atoms with E-state index in [2.05, 4.69) is 4.98 Å². The molecule has 2 aliphatic rings. The third-order valence-electron chi connectivity index (χ3n) is 4.16. The fraction of sp³-hybridized carbons (Fsp3) is 0.643. The average molecular weight is 261 g/mol. The van der Waals surface area contributed by atoms with Gasteiger partial charge in [0, 0.05) is 37.4 Å². The normalized spacial score (nSPS) is 20.6. The first-order valence-electron chi connectivity index (χ1n) is 6.99. The first-order chi connectivity index (χ1) is 9.16. The van der Waals surface area contributed by atoms with Crippen LogP contribution >= 0.6 is 0 Å². The van der Waals surface area contributed by atoms with E-state index in [1.807, 2.05) is 4.90 Å². The number of anilines is 1. The van der Waals surface area contributed by atoms with Crippen molar-refractivity contribution in [3.05, 3.63) is 22.7 Å². The molecular formula is C14H19N3O2. The van der Waals surface area contributed by atoms with Gasteiger partial charge in [0.2, 0.25) is 0 Å². The van der Waals surface area contributed by atoms with Gasteiger partial charge >= 0.3 is 0 Å². The van der Waals surface area contributed by atoms with Crippen LogP contribution in [0.25, 0.3) is 0 Å². The molecule has 1 aromatic rings. The van der Waals surface area contributed by atoms with E-state index in [4.69, 9.17) is 0 Å². The minimum atomic E-state index is 0.0197. The molecule has 0 amide bonds. The van der Waals surface area contributed by atoms with Gasteiger partial charge < -0.3 is 9.47 Å². The Morgan fingerprint density at radius 2 is 1.95 bits per heavy atom. The fourth-order valence-corrected chi connectivity index (χ4v) is 2.77. The lowest BCUT2D eigenvalue weighted by atomic mass is 9.93. The summed E-state index contributed by atoms with van der Waals surface area (Å²) in [4.78, 5) is 30.0. The summed E-state index contributed by atoms with van der Waals surface area (Å²) in [5, 5.41) is 0. The molecule has 1 aliphatic carbocycles. The van der Waals surface area contributed by atoms with Crippen LogP contribution in [0, 0.1) is 5.92 Å². The number of carbonyl (C=O) groups is 1. The molecule has 5 nitrogen and oxygen atoms in total. The molecule has 1 saturated heterocycles. The van der Waals surface area contributed by atoms with Gasteiger partial charge in [0.1, 0.15) is 5.78 Å². The standard InChI is InChI=1S/C14H19N3O2/c1-10(18)11-4-7-16(8-5-11)13-14(19)17(9-6-15-13)12-2-3-12/h6,9,11-12H,2-5,7-8H2,1H3. The second-order valence-corrected chi connectivity index (χ2v) is 5.57. The molecule has 1 saturated carbocycles. The minimum Gasteiger partial charge on any atom is -0.352 e. The molecule has 19 heavy (non-hydrogen) atoms. The van der Waals surface area contributed by atoms with E-state index in [1.165, 1.54) is 0 Å². The second-order valence-electron chi connectivity index (χ2n) is 5.57. The highest BCUT2D eigenvalue weighted by Crippen LogP contribution is 2.33. The monoisotopic (exact) mass is 261 g/mol. The number of nitrogens with zero attached hydrogens (tertiary/aromatic N) is 3. The van der Waals surface area contributed by atoms with Crippen LogP contribution in [0.3, 0.4) is 0 Å². The van der Waals surface area contributed by atoms with Gasteiger partial charge in [0.05, 0.1) is 0 Å². The third-order valence-corrected chi connectivity index (χ3v) is 4.16. The number of rotatable bonds is 3. The number of aromatic nitrogens is 2. The van der Waals surface area contributed by atoms with Crippen LogP contribution in [0.2, 0.25) is 0 Å². The number of carbonyl (C=O) groups excluding carboxylic acids is 1. The summed E-state index contributed by atoms with van der Waals surface area (Å²) in [6.45, 7) is 3.16. The van der Waals surface area contributed by atoms with Gasteiger partial charge in [-0.1, -0.05) is 0 Å². The molecule has 3 rings (SSSR count). The van der Waals surface area contributed by atoms with Crippen LogP contribution in [0.5, 0.6) is 0 Å². The van der Waals surface area contributed by atoms with Gasteiger partial charge in [-0.2, -0.15) is 0 Å². The molecule has 0 unspecified atom stereocenters. The summed E-state index contributed by atoms with van der Waals surface area (Å²) in [5.74, 6) is 0.970. The highest BCUT2D eigenvalue weighted by atomic mass is 16.1. The van der Waals surface area contributed by atoms with Gasteiger partial charge in [0.15, 0.2) is 5.82 Å². The van der Waals surface area contributed by atoms with Crippen molar-refractivity contribution in [2.45, 2.75) is 38.6 Å². The van der Waals surface area contributed by atoms with E-state index in [0.717, 1.165) is 38.8 Å². The van der Waals surface area contributed by atoms with E-state index in [0.29, 0.717) is 11.9 Å². The van der Waals surface area contributed by atoms with Crippen molar-refractivity contribution < 1.29 is 4.79 Å². The van der Waals surface area contributed by atoms with E-state index in [9.17, 15) is 9.59 Å². The molecule has 0 bridgehead atoms. The summed E-state index contributed by atoms with van der Waals surface area (Å²) in [7, 11) is 0. The Morgan fingerprint density at radius 3 is 2.53 bits per heavy atom. The lowest BCUT2D eigenvalue weighted by Crippen LogP contribution is -2.40. The smallest absolute Gasteiger partial charge is 0.293 e. The number of piperidine rings is 1. The van der Waals surface area contributed by atoms with Gasteiger partial charge in [-0.3, -0.25) is 9.59 Å². The van der Waals surface area contributed by atoms with Crippen molar-refractivity contribution >= 4 is 11.6 Å². The Labute approximate surface area is 112 Å². The van der Waals surface area contributed by atoms with Crippen molar-refractivity contribution in [2.24, 2.45) is 5.92 Å². The lowest BCUT2D eigenvalue weighted by Gasteiger charge is -2.31. The number of hydrogen-bond acceptors (Lipinski definition) is 4. The maximum atomic E-state index is 12.4. The second kappa shape index (κ2) is 4.79. The summed E-state index contributed by atoms with van der Waals surface area (Å²) in [5.41, 5.74) is 0.0197. The molecule has 2 fully saturated rings. The summed E-state index contributed by atoms with van der Waals surface area (Å²) < 4.78 is 1.80. The van der Waals surface area contributed by atoms with Crippen molar-refractivity contribution in [1.29, 1.82) is 0 Å². The lowest BCUT2D eigenvalue weighted by molar-refractivity contribution is -0.121. The van der Waals surface area contributed by atoms with Gasteiger partial charge in [-0.25, -0.2) is 4.98 Å². The van der Waals surface area contributed by atoms with E-state index in [-0.39, 0.29) is 17.3 Å². The van der Waals surface area contributed by atoms with Gasteiger partial charge in [0.25, 0.3) is 5.56 Å². The Bertz CT molecular complexity index is 540. The molecular weight excluding hydrogens is 242 g/mol. The predicted molar refractivity (Wildman–Crippen MR) is 72.4 cm³/mol. The molecule has 1 aromatic heterocycles. The topological polar surface area (TPSA) is 55.2 Å². The van der Waals surface area contributed by atoms with Gasteiger partial charge in [-0.15, -0.1) is 0 Å². The Morgan fingerprint density at radius 1 is 1.26 bits per heavy atom. The number of ketones is 1. The van der Waals surface area contributed by atoms with Crippen molar-refractivity contribution in [1.82, 2.24) is 9.55 Å². The quantitative estimate of drug-likeness (QED) is 0.825. The Hall–Kier alpha value is -1.65. The molecule has 5 heteroatoms. The highest BCUT2D eigenvalue weighted by molar-refractivity contribution is 5.78. The van der Waals surface area contributed by atoms with E-state index < -0.39 is 0 Å². The van der Waals surface area contributed by atoms with Crippen molar-refractivity contribution in [2.75, 3.05) is 18.0 Å². The fourth-order valence-electron chi connectivity index (χ4n) is 2.77. The van der Waals surface area contributed by atoms with E-state index in [1.54, 1.807) is 23.9 Å². The van der Waals surface area contributed by atoms with Gasteiger partial charge in [-0.05, 0) is 32.6 Å². The molecule has 102 valence electrons. The summed E-state index contributed by atoms with van der Waals surface area (Å²) in [6, 6.07) is 0.379. The first kappa shape index (κ1) is 12.4.